The van der Waals surface area contributed by atoms with Crippen molar-refractivity contribution >= 4 is 17.3 Å². The molecule has 0 unspecified atom stereocenters. The Morgan fingerprint density at radius 2 is 2.19 bits per heavy atom. The molecule has 0 fully saturated rings. The first kappa shape index (κ1) is 15.3. The second kappa shape index (κ2) is 7.64. The average Bonchev–Trinajstić information content (AvgIpc) is 2.99. The number of phenols is 1. The topological polar surface area (TPSA) is 56.7 Å². The molecule has 21 heavy (non-hydrogen) atoms. The lowest BCUT2D eigenvalue weighted by molar-refractivity contribution is 0.432. The highest BCUT2D eigenvalue weighted by molar-refractivity contribution is 7.09. The van der Waals surface area contributed by atoms with Crippen LogP contribution in [0.4, 0.5) is 4.39 Å². The maximum absolute atomic E-state index is 13.3. The van der Waals surface area contributed by atoms with Gasteiger partial charge in [-0.15, -0.1) is 11.3 Å². The number of hydrogen-bond donors (Lipinski definition) is 3. The van der Waals surface area contributed by atoms with Crippen LogP contribution in [0.5, 0.6) is 5.75 Å². The smallest absolute Gasteiger partial charge is 0.191 e. The zero-order valence-electron chi connectivity index (χ0n) is 11.8. The molecule has 112 valence electrons. The van der Waals surface area contributed by atoms with Crippen molar-refractivity contribution < 1.29 is 9.50 Å². The van der Waals surface area contributed by atoms with E-state index in [2.05, 4.69) is 21.7 Å². The number of guanidine groups is 1. The number of thiophene rings is 1. The number of aliphatic imine (C=N–C) groups is 1. The fourth-order valence-corrected chi connectivity index (χ4v) is 2.39. The lowest BCUT2D eigenvalue weighted by atomic mass is 10.2. The van der Waals surface area contributed by atoms with Gasteiger partial charge in [-0.1, -0.05) is 12.1 Å². The molecule has 1 aromatic carbocycles. The van der Waals surface area contributed by atoms with Crippen molar-refractivity contribution in [2.24, 2.45) is 4.99 Å². The van der Waals surface area contributed by atoms with E-state index in [1.54, 1.807) is 17.4 Å². The van der Waals surface area contributed by atoms with Crippen LogP contribution in [0.2, 0.25) is 0 Å². The van der Waals surface area contributed by atoms with Crippen LogP contribution in [0.25, 0.3) is 0 Å². The number of benzene rings is 1. The maximum Gasteiger partial charge on any atom is 0.191 e. The summed E-state index contributed by atoms with van der Waals surface area (Å²) >= 11 is 1.68. The molecule has 0 atom stereocenters. The van der Waals surface area contributed by atoms with Crippen LogP contribution >= 0.6 is 11.3 Å². The minimum atomic E-state index is -0.626. The highest BCUT2D eigenvalue weighted by atomic mass is 32.1. The highest BCUT2D eigenvalue weighted by Crippen LogP contribution is 2.16. The van der Waals surface area contributed by atoms with Crippen LogP contribution in [-0.4, -0.2) is 17.6 Å². The minimum absolute atomic E-state index is 0.342. The Labute approximate surface area is 127 Å². The standard InChI is InChI=1S/C15H18FN3OS/c1-2-17-15(19-10-12-4-3-7-21-12)18-9-11-5-6-14(20)13(16)8-11/h3-8,20H,2,9-10H2,1H3,(H2,17,18,19). The zero-order valence-corrected chi connectivity index (χ0v) is 12.6. The normalized spacial score (nSPS) is 11.4. The lowest BCUT2D eigenvalue weighted by Crippen LogP contribution is -2.36. The Kier molecular flexibility index (Phi) is 5.57. The van der Waals surface area contributed by atoms with E-state index in [0.717, 1.165) is 6.54 Å². The third-order valence-electron chi connectivity index (χ3n) is 2.79. The maximum atomic E-state index is 13.3. The molecular weight excluding hydrogens is 289 g/mol. The molecule has 0 aliphatic rings. The summed E-state index contributed by atoms with van der Waals surface area (Å²) in [5.74, 6) is -0.288. The first-order valence-corrected chi connectivity index (χ1v) is 7.59. The van der Waals surface area contributed by atoms with E-state index >= 15 is 0 Å². The van der Waals surface area contributed by atoms with E-state index in [9.17, 15) is 4.39 Å². The van der Waals surface area contributed by atoms with Gasteiger partial charge in [0, 0.05) is 11.4 Å². The van der Waals surface area contributed by atoms with E-state index in [4.69, 9.17) is 5.11 Å². The second-order valence-electron chi connectivity index (χ2n) is 4.41. The Bertz CT molecular complexity index is 599. The highest BCUT2D eigenvalue weighted by Gasteiger charge is 2.02. The fraction of sp³-hybridized carbons (Fsp3) is 0.267. The van der Waals surface area contributed by atoms with Crippen molar-refractivity contribution in [2.75, 3.05) is 6.54 Å². The van der Waals surface area contributed by atoms with Gasteiger partial charge in [-0.3, -0.25) is 0 Å². The van der Waals surface area contributed by atoms with Gasteiger partial charge in [0.25, 0.3) is 0 Å². The van der Waals surface area contributed by atoms with Crippen molar-refractivity contribution in [3.63, 3.8) is 0 Å². The Balaban J connectivity index is 1.97. The molecule has 0 radical (unpaired) electrons. The SMILES string of the molecule is CCNC(=NCc1ccc(O)c(F)c1)NCc1cccs1. The van der Waals surface area contributed by atoms with Gasteiger partial charge in [-0.2, -0.15) is 0 Å². The van der Waals surface area contributed by atoms with Gasteiger partial charge in [-0.25, -0.2) is 9.38 Å². The van der Waals surface area contributed by atoms with E-state index in [-0.39, 0.29) is 5.75 Å². The summed E-state index contributed by atoms with van der Waals surface area (Å²) in [5, 5.41) is 17.6. The molecule has 0 saturated heterocycles. The molecule has 0 saturated carbocycles. The number of aromatic hydroxyl groups is 1. The Morgan fingerprint density at radius 1 is 1.33 bits per heavy atom. The van der Waals surface area contributed by atoms with Crippen LogP contribution in [0, 0.1) is 5.82 Å². The van der Waals surface area contributed by atoms with E-state index in [0.29, 0.717) is 24.6 Å². The molecule has 0 spiro atoms. The van der Waals surface area contributed by atoms with Gasteiger partial charge in [0.2, 0.25) is 0 Å². The molecular formula is C15H18FN3OS. The van der Waals surface area contributed by atoms with Crippen LogP contribution < -0.4 is 10.6 Å². The summed E-state index contributed by atoms with van der Waals surface area (Å²) < 4.78 is 13.3. The summed E-state index contributed by atoms with van der Waals surface area (Å²) in [6.45, 7) is 3.78. The van der Waals surface area contributed by atoms with Gasteiger partial charge in [-0.05, 0) is 36.1 Å². The predicted octanol–water partition coefficient (Wildman–Crippen LogP) is 2.85. The second-order valence-corrected chi connectivity index (χ2v) is 5.45. The molecule has 0 aliphatic carbocycles. The van der Waals surface area contributed by atoms with Crippen molar-refractivity contribution in [3.8, 4) is 5.75 Å². The summed E-state index contributed by atoms with van der Waals surface area (Å²) in [6, 6.07) is 8.35. The lowest BCUT2D eigenvalue weighted by Gasteiger charge is -2.10. The Morgan fingerprint density at radius 3 is 2.86 bits per heavy atom. The third kappa shape index (κ3) is 4.75. The van der Waals surface area contributed by atoms with Gasteiger partial charge in [0.15, 0.2) is 17.5 Å². The van der Waals surface area contributed by atoms with E-state index in [1.807, 2.05) is 18.4 Å². The summed E-state index contributed by atoms with van der Waals surface area (Å²) in [7, 11) is 0. The van der Waals surface area contributed by atoms with Crippen molar-refractivity contribution in [1.29, 1.82) is 0 Å². The van der Waals surface area contributed by atoms with Crippen LogP contribution in [0.1, 0.15) is 17.4 Å². The molecule has 2 rings (SSSR count). The number of nitrogens with one attached hydrogen (secondary N) is 2. The van der Waals surface area contributed by atoms with Crippen LogP contribution in [0.3, 0.4) is 0 Å². The van der Waals surface area contributed by atoms with Gasteiger partial charge in [0.1, 0.15) is 0 Å². The first-order valence-electron chi connectivity index (χ1n) is 6.71. The quantitative estimate of drug-likeness (QED) is 0.588. The molecule has 0 aliphatic heterocycles. The number of nitrogens with zero attached hydrogens (tertiary/aromatic N) is 1. The molecule has 1 aromatic heterocycles. The third-order valence-corrected chi connectivity index (χ3v) is 3.66. The minimum Gasteiger partial charge on any atom is -0.505 e. The van der Waals surface area contributed by atoms with Gasteiger partial charge in [0.05, 0.1) is 13.1 Å². The van der Waals surface area contributed by atoms with Crippen LogP contribution in [-0.2, 0) is 13.1 Å². The van der Waals surface area contributed by atoms with Crippen molar-refractivity contribution in [2.45, 2.75) is 20.0 Å². The molecule has 1 heterocycles. The average molecular weight is 307 g/mol. The number of rotatable bonds is 5. The van der Waals surface area contributed by atoms with Gasteiger partial charge < -0.3 is 15.7 Å². The number of phenolic OH excluding ortho intramolecular Hbond substituents is 1. The van der Waals surface area contributed by atoms with Crippen molar-refractivity contribution in [3.05, 3.63) is 52.0 Å². The molecule has 4 nitrogen and oxygen atoms in total. The Hall–Kier alpha value is -2.08. The first-order chi connectivity index (χ1) is 10.2. The summed E-state index contributed by atoms with van der Waals surface area (Å²) in [4.78, 5) is 5.62. The molecule has 0 bridgehead atoms. The number of hydrogen-bond acceptors (Lipinski definition) is 3. The molecule has 6 heteroatoms. The molecule has 2 aromatic rings. The molecule has 0 amide bonds. The largest absolute Gasteiger partial charge is 0.505 e. The van der Waals surface area contributed by atoms with Crippen LogP contribution in [0.15, 0.2) is 40.7 Å². The van der Waals surface area contributed by atoms with E-state index < -0.39 is 5.82 Å². The van der Waals surface area contributed by atoms with Gasteiger partial charge >= 0.3 is 0 Å². The zero-order chi connectivity index (χ0) is 15.1. The van der Waals surface area contributed by atoms with Crippen molar-refractivity contribution in [1.82, 2.24) is 10.6 Å². The summed E-state index contributed by atoms with van der Waals surface area (Å²) in [6.07, 6.45) is 0. The van der Waals surface area contributed by atoms with E-state index in [1.165, 1.54) is 17.0 Å². The predicted molar refractivity (Wildman–Crippen MR) is 84.0 cm³/mol. The monoisotopic (exact) mass is 307 g/mol. The summed E-state index contributed by atoms with van der Waals surface area (Å²) in [5.41, 5.74) is 0.707. The fourth-order valence-electron chi connectivity index (χ4n) is 1.74. The number of halogens is 1. The molecule has 3 N–H and O–H groups in total.